The highest BCUT2D eigenvalue weighted by Crippen LogP contribution is 2.81. The van der Waals surface area contributed by atoms with Gasteiger partial charge in [-0.2, -0.15) is 0 Å². The second-order valence-electron chi connectivity index (χ2n) is 24.8. The minimum absolute atomic E-state index is 0.0740. The number of aromatic amines is 1. The third-order valence-electron chi connectivity index (χ3n) is 22.3. The van der Waals surface area contributed by atoms with Crippen molar-refractivity contribution >= 4 is 22.9 Å². The van der Waals surface area contributed by atoms with Gasteiger partial charge in [-0.15, -0.1) is 0 Å². The Morgan fingerprint density at radius 3 is 2.44 bits per heavy atom. The Bertz CT molecular complexity index is 3030. The van der Waals surface area contributed by atoms with E-state index in [0.717, 1.165) is 24.9 Å². The Balaban J connectivity index is 0.865. The highest BCUT2D eigenvalue weighted by atomic mass is 16.3. The molecule has 0 radical (unpaired) electrons. The van der Waals surface area contributed by atoms with Crippen LogP contribution in [0.15, 0.2) is 79.1 Å². The summed E-state index contributed by atoms with van der Waals surface area (Å²) >= 11 is 0. The van der Waals surface area contributed by atoms with E-state index in [1.165, 1.54) is 131 Å². The number of nitrogens with zero attached hydrogens (tertiary/aromatic N) is 1. The lowest BCUT2D eigenvalue weighted by molar-refractivity contribution is -0.229. The van der Waals surface area contributed by atoms with Crippen LogP contribution in [0.1, 0.15) is 148 Å². The molecule has 7 fully saturated rings. The van der Waals surface area contributed by atoms with Gasteiger partial charge in [-0.05, 0) is 195 Å². The Morgan fingerprint density at radius 1 is 0.750 bits per heavy atom. The minimum Gasteiger partial charge on any atom is -0.507 e. The van der Waals surface area contributed by atoms with Crippen molar-refractivity contribution in [3.63, 3.8) is 0 Å². The molecule has 5 aromatic rings. The maximum atomic E-state index is 13.1. The summed E-state index contributed by atoms with van der Waals surface area (Å²) in [4.78, 5) is 9.40. The highest BCUT2D eigenvalue weighted by molar-refractivity contribution is 6.03. The molecule has 0 bridgehead atoms. The summed E-state index contributed by atoms with van der Waals surface area (Å²) in [5.41, 5.74) is 7.16. The van der Waals surface area contributed by atoms with Crippen molar-refractivity contribution in [2.24, 2.45) is 45.8 Å². The number of phenols is 5. The molecule has 2 aliphatic heterocycles. The molecule has 4 spiro atoms. The van der Waals surface area contributed by atoms with Crippen LogP contribution in [-0.4, -0.2) is 64.8 Å². The molecule has 10 heteroatoms. The number of hydrogen-bond acceptors (Lipinski definition) is 9. The number of piperidine rings is 2. The van der Waals surface area contributed by atoms with E-state index < -0.39 is 6.10 Å². The molecule has 0 amide bonds. The summed E-state index contributed by atoms with van der Waals surface area (Å²) in [6.45, 7) is 1.07. The number of rotatable bonds is 6. The predicted molar refractivity (Wildman–Crippen MR) is 280 cm³/mol. The number of benzene rings is 4. The zero-order chi connectivity index (χ0) is 48.8. The van der Waals surface area contributed by atoms with Crippen LogP contribution in [0.5, 0.6) is 28.7 Å². The van der Waals surface area contributed by atoms with E-state index in [9.17, 15) is 30.6 Å². The number of allylic oxidation sites excluding steroid dienone is 1. The summed E-state index contributed by atoms with van der Waals surface area (Å²) in [7, 11) is 0. The average molecular weight is 969 g/mol. The number of hydrogen-bond donors (Lipinski definition) is 9. The highest BCUT2D eigenvalue weighted by Gasteiger charge is 2.80. The lowest BCUT2D eigenvalue weighted by atomic mass is 9.30. The van der Waals surface area contributed by atoms with Crippen molar-refractivity contribution in [1.82, 2.24) is 20.6 Å². The SMILES string of the molecule is Oc1ccc(/C=C/c2c(CCc3ccc([C@@H]4C[C@]5(CCNC6(CCCC6)C5)[C@@H]5C[C@H]6CC[C@H]7CCc8[nH]cnc8[C@]8([C@@H]5N4)[C@H]4[C@@H](O)C=C[C@@H]5CCC[C@@]54CC[C@@]768)cc3)c(O)c(O)c3c(O)cccc23)cc1O. The monoisotopic (exact) mass is 969 g/mol. The van der Waals surface area contributed by atoms with Crippen LogP contribution in [-0.2, 0) is 24.7 Å². The largest absolute Gasteiger partial charge is 0.507 e. The van der Waals surface area contributed by atoms with E-state index in [2.05, 4.69) is 52.0 Å². The van der Waals surface area contributed by atoms with Crippen molar-refractivity contribution in [2.45, 2.75) is 151 Å². The molecule has 7 aliphatic carbocycles. The number of fused-ring (bicyclic) bond motifs is 4. The zero-order valence-corrected chi connectivity index (χ0v) is 41.6. The Morgan fingerprint density at radius 2 is 1.60 bits per heavy atom. The molecular formula is C62H72N4O6. The number of nitrogens with one attached hydrogen (secondary N) is 3. The number of aliphatic hydroxyl groups excluding tert-OH is 1. The molecule has 3 heterocycles. The van der Waals surface area contributed by atoms with Gasteiger partial charge in [-0.25, -0.2) is 4.98 Å². The number of aryl methyl sites for hydroxylation is 2. The van der Waals surface area contributed by atoms with Crippen LogP contribution in [0.25, 0.3) is 22.9 Å². The Hall–Kier alpha value is -5.29. The molecule has 376 valence electrons. The van der Waals surface area contributed by atoms with Gasteiger partial charge in [-0.3, -0.25) is 0 Å². The van der Waals surface area contributed by atoms with E-state index in [1.54, 1.807) is 18.2 Å². The van der Waals surface area contributed by atoms with Crippen LogP contribution in [0.2, 0.25) is 0 Å². The van der Waals surface area contributed by atoms with E-state index in [1.807, 2.05) is 18.5 Å². The van der Waals surface area contributed by atoms with Gasteiger partial charge < -0.3 is 46.3 Å². The number of aliphatic hydroxyl groups is 1. The van der Waals surface area contributed by atoms with Gasteiger partial charge in [-0.1, -0.05) is 86.0 Å². The lowest BCUT2D eigenvalue weighted by Gasteiger charge is -2.75. The molecule has 9 aliphatic rings. The number of imidazole rings is 1. The van der Waals surface area contributed by atoms with Crippen molar-refractivity contribution in [1.29, 1.82) is 0 Å². The van der Waals surface area contributed by atoms with Gasteiger partial charge >= 0.3 is 0 Å². The summed E-state index contributed by atoms with van der Waals surface area (Å²) in [5.74, 6) is 1.19. The summed E-state index contributed by atoms with van der Waals surface area (Å²) in [6, 6.07) is 19.2. The summed E-state index contributed by atoms with van der Waals surface area (Å²) in [5, 5.41) is 76.8. The maximum absolute atomic E-state index is 13.1. The fourth-order valence-corrected chi connectivity index (χ4v) is 19.8. The van der Waals surface area contributed by atoms with Crippen molar-refractivity contribution in [3.05, 3.63) is 118 Å². The predicted octanol–water partition coefficient (Wildman–Crippen LogP) is 11.2. The first kappa shape index (κ1) is 45.3. The van der Waals surface area contributed by atoms with Crippen molar-refractivity contribution in [3.8, 4) is 28.7 Å². The molecule has 9 N–H and O–H groups in total. The van der Waals surface area contributed by atoms with E-state index in [0.29, 0.717) is 58.6 Å². The standard InChI is InChI=1S/C62H72N4O6/c67-48-22-12-37(31-51(48)70)11-19-42-43-6-3-7-49(68)52(43)54(72)53(71)44(42)20-10-36-8-13-38(14-9-36)47-33-58(29-30-65-59(34-58)24-1-2-25-59)45-32-41-16-15-40-17-21-46-57(64-35-63-46)62(56(45)66-47)55-50(69)23-18-39-5-4-26-60(39,55)27-28-61(40,41)62/h3,6-9,11-14,18-19,22-23,31,35,39-41,45,47,50,55-56,65-72H,1-2,4-5,10,15-17,20-21,24-30,32-34H2,(H,63,64)/b19-11+/t39-,40-,41+,45+,47-,50-,55-,56+,58-,60+,61+,62+/m0/s1. The van der Waals surface area contributed by atoms with Gasteiger partial charge in [0, 0.05) is 40.2 Å². The molecule has 14 rings (SSSR count). The third kappa shape index (κ3) is 6.21. The van der Waals surface area contributed by atoms with Crippen molar-refractivity contribution in [2.75, 3.05) is 6.54 Å². The van der Waals surface area contributed by atoms with Gasteiger partial charge in [0.1, 0.15) is 5.75 Å². The third-order valence-corrected chi connectivity index (χ3v) is 22.3. The molecule has 5 saturated carbocycles. The van der Waals surface area contributed by atoms with E-state index >= 15 is 0 Å². The average Bonchev–Trinajstić information content (AvgIpc) is 4.20. The normalized spacial score (nSPS) is 37.0. The van der Waals surface area contributed by atoms with Gasteiger partial charge in [0.2, 0.25) is 0 Å². The number of phenolic OH excluding ortho intramolecular Hbond substituents is 5. The number of aromatic hydroxyl groups is 5. The first-order valence-corrected chi connectivity index (χ1v) is 27.9. The van der Waals surface area contributed by atoms with Gasteiger partial charge in [0.05, 0.1) is 23.5 Å². The molecule has 2 saturated heterocycles. The van der Waals surface area contributed by atoms with Crippen LogP contribution in [0.3, 0.4) is 0 Å². The molecular weight excluding hydrogens is 897 g/mol. The first-order valence-electron chi connectivity index (χ1n) is 27.9. The van der Waals surface area contributed by atoms with Crippen LogP contribution >= 0.6 is 0 Å². The molecule has 12 atom stereocenters. The topological polar surface area (TPSA) is 174 Å². The van der Waals surface area contributed by atoms with Crippen LogP contribution in [0.4, 0.5) is 0 Å². The van der Waals surface area contributed by atoms with E-state index in [-0.39, 0.29) is 79.3 Å². The lowest BCUT2D eigenvalue weighted by Crippen LogP contribution is -2.79. The summed E-state index contributed by atoms with van der Waals surface area (Å²) < 4.78 is 0. The first-order chi connectivity index (χ1) is 35.0. The van der Waals surface area contributed by atoms with Crippen LogP contribution < -0.4 is 10.6 Å². The van der Waals surface area contributed by atoms with Crippen LogP contribution in [0, 0.1) is 45.8 Å². The molecule has 0 unspecified atom stereocenters. The van der Waals surface area contributed by atoms with Gasteiger partial charge in [0.25, 0.3) is 0 Å². The molecule has 1 aromatic heterocycles. The second-order valence-corrected chi connectivity index (χ2v) is 24.8. The maximum Gasteiger partial charge on any atom is 0.169 e. The van der Waals surface area contributed by atoms with E-state index in [4.69, 9.17) is 4.98 Å². The molecule has 10 nitrogen and oxygen atoms in total. The summed E-state index contributed by atoms with van der Waals surface area (Å²) in [6.07, 6.45) is 31.9. The van der Waals surface area contributed by atoms with Gasteiger partial charge in [0.15, 0.2) is 23.0 Å². The number of aromatic nitrogens is 2. The molecule has 4 aromatic carbocycles. The Kier molecular flexibility index (Phi) is 10.3. The quantitative estimate of drug-likeness (QED) is 0.0456. The number of H-pyrrole nitrogens is 1. The molecule has 72 heavy (non-hydrogen) atoms. The second kappa shape index (κ2) is 16.4. The fourth-order valence-electron chi connectivity index (χ4n) is 19.8. The zero-order valence-electron chi connectivity index (χ0n) is 41.6. The smallest absolute Gasteiger partial charge is 0.169 e. The Labute approximate surface area is 423 Å². The van der Waals surface area contributed by atoms with Crippen molar-refractivity contribution < 1.29 is 30.6 Å². The minimum atomic E-state index is -0.502. The fraction of sp³-hybridized carbons (Fsp3) is 0.532.